The zero-order valence-electron chi connectivity index (χ0n) is 39.0. The Morgan fingerprint density at radius 3 is 1.64 bits per heavy atom. The summed E-state index contributed by atoms with van der Waals surface area (Å²) < 4.78 is 12.8. The molecule has 2 aromatic carbocycles. The molecular weight excluding hydrogens is 865 g/mol. The van der Waals surface area contributed by atoms with E-state index in [2.05, 4.69) is 60.8 Å². The van der Waals surface area contributed by atoms with E-state index in [1.54, 1.807) is 0 Å². The van der Waals surface area contributed by atoms with Crippen LogP contribution in [-0.2, 0) is 25.9 Å². The molecule has 4 N–H and O–H groups in total. The molecule has 350 valence electrons. The monoisotopic (exact) mass is 920 g/mol. The zero-order valence-corrected chi connectivity index (χ0v) is 39.0. The molecule has 4 aromatic heterocycles. The molecule has 14 rings (SSSR count). The minimum Gasteiger partial charge on any atom is -0.485 e. The summed E-state index contributed by atoms with van der Waals surface area (Å²) in [5.74, 6) is 5.58. The summed E-state index contributed by atoms with van der Waals surface area (Å²) >= 11 is 0. The third-order valence-corrected chi connectivity index (χ3v) is 15.7. The molecule has 6 aromatic rings. The lowest BCUT2D eigenvalue weighted by Gasteiger charge is -2.41. The smallest absolute Gasteiger partial charge is 0.156 e. The number of ether oxygens (including phenoxy) is 2. The van der Waals surface area contributed by atoms with Gasteiger partial charge in [0.15, 0.2) is 11.7 Å². The highest BCUT2D eigenvalue weighted by Crippen LogP contribution is 2.49. The number of rotatable bonds is 2. The van der Waals surface area contributed by atoms with Gasteiger partial charge in [-0.1, -0.05) is 36.4 Å². The fourth-order valence-electron chi connectivity index (χ4n) is 11.9. The molecule has 0 unspecified atom stereocenters. The van der Waals surface area contributed by atoms with Gasteiger partial charge in [-0.2, -0.15) is 0 Å². The van der Waals surface area contributed by atoms with Crippen molar-refractivity contribution < 1.29 is 9.47 Å². The fraction of sp³-hybridized carbons (Fsp3) is 0.396. The maximum absolute atomic E-state index is 6.67. The van der Waals surface area contributed by atoms with Crippen molar-refractivity contribution in [1.29, 1.82) is 0 Å². The molecule has 8 aliphatic heterocycles. The van der Waals surface area contributed by atoms with Crippen LogP contribution >= 0.6 is 0 Å². The largest absolute Gasteiger partial charge is 0.485 e. The molecule has 0 aliphatic carbocycles. The van der Waals surface area contributed by atoms with Gasteiger partial charge in [0.1, 0.15) is 45.7 Å². The quantitative estimate of drug-likeness (QED) is 0.196. The average molecular weight is 921 g/mol. The number of hydrogen-bond acceptors (Lipinski definition) is 16. The number of hydrogen-bond donors (Lipinski definition) is 2. The normalized spacial score (nSPS) is 22.0. The van der Waals surface area contributed by atoms with Gasteiger partial charge in [0.2, 0.25) is 0 Å². The lowest BCUT2D eigenvalue weighted by molar-refractivity contribution is 0.0429. The number of aliphatic imine (C=N–C) groups is 2. The van der Waals surface area contributed by atoms with Gasteiger partial charge >= 0.3 is 0 Å². The maximum atomic E-state index is 6.67. The van der Waals surface area contributed by atoms with Gasteiger partial charge in [-0.25, -0.2) is 19.9 Å². The molecule has 0 amide bonds. The minimum atomic E-state index is -0.329. The second-order valence-electron chi connectivity index (χ2n) is 19.5. The van der Waals surface area contributed by atoms with E-state index < -0.39 is 0 Å². The van der Waals surface area contributed by atoms with Crippen molar-refractivity contribution in [2.45, 2.75) is 94.7 Å². The van der Waals surface area contributed by atoms with E-state index in [4.69, 9.17) is 50.9 Å². The van der Waals surface area contributed by atoms with Crippen molar-refractivity contribution in [2.24, 2.45) is 21.5 Å². The summed E-state index contributed by atoms with van der Waals surface area (Å²) in [7, 11) is 0. The molecule has 12 heterocycles. The number of amidine groups is 2. The molecule has 2 saturated heterocycles. The average Bonchev–Trinajstić information content (AvgIpc) is 4.15. The molecule has 2 fully saturated rings. The number of benzene rings is 2. The first kappa shape index (κ1) is 42.1. The number of para-hydroxylation sites is 2. The summed E-state index contributed by atoms with van der Waals surface area (Å²) in [6.07, 6.45) is 13.2. The highest BCUT2D eigenvalue weighted by Gasteiger charge is 2.50. The molecule has 2 atom stereocenters. The molecular formula is C53H56N14O2. The predicted molar refractivity (Wildman–Crippen MR) is 265 cm³/mol. The van der Waals surface area contributed by atoms with Crippen molar-refractivity contribution >= 4 is 34.7 Å². The summed E-state index contributed by atoms with van der Waals surface area (Å²) in [5, 5.41) is 0. The highest BCUT2D eigenvalue weighted by molar-refractivity contribution is 6.12. The number of fused-ring (bicyclic) bond motifs is 6. The topological polar surface area (TPSA) is 186 Å². The maximum Gasteiger partial charge on any atom is 0.156 e. The molecule has 16 heteroatoms. The van der Waals surface area contributed by atoms with Crippen LogP contribution in [0.5, 0.6) is 11.5 Å². The van der Waals surface area contributed by atoms with Crippen LogP contribution in [0.2, 0.25) is 0 Å². The number of anilines is 4. The Labute approximate surface area is 401 Å². The highest BCUT2D eigenvalue weighted by atomic mass is 16.5. The Morgan fingerprint density at radius 2 is 1.07 bits per heavy atom. The van der Waals surface area contributed by atoms with E-state index in [-0.39, 0.29) is 23.3 Å². The van der Waals surface area contributed by atoms with Gasteiger partial charge in [-0.05, 0) is 69.0 Å². The second kappa shape index (κ2) is 16.6. The molecule has 2 spiro atoms. The SMILES string of the molecule is Cc1nc2c(nc1N1CCC3(CC1)Oc1ccccc1[C@H]3N)CN=C2N1CCCc2ncccc21.N[C@@H]1c2ccccc2OC12CCN(c1cnc3c(n1)CN=C3N1CCCc3ncccc31)CC2. The van der Waals surface area contributed by atoms with Crippen LogP contribution in [0.1, 0.15) is 102 Å². The van der Waals surface area contributed by atoms with Crippen LogP contribution in [0.3, 0.4) is 0 Å². The number of piperidine rings is 2. The van der Waals surface area contributed by atoms with Crippen LogP contribution in [0.15, 0.2) is 101 Å². The number of nitrogens with zero attached hydrogens (tertiary/aromatic N) is 12. The molecule has 16 nitrogen and oxygen atoms in total. The van der Waals surface area contributed by atoms with Crippen LogP contribution in [0, 0.1) is 6.92 Å². The van der Waals surface area contributed by atoms with Gasteiger partial charge in [-0.15, -0.1) is 0 Å². The van der Waals surface area contributed by atoms with E-state index in [1.807, 2.05) is 67.1 Å². The summed E-state index contributed by atoms with van der Waals surface area (Å²) in [6.45, 7) is 8.42. The lowest BCUT2D eigenvalue weighted by Crippen LogP contribution is -2.51. The molecule has 0 bridgehead atoms. The van der Waals surface area contributed by atoms with Gasteiger partial charge < -0.3 is 40.5 Å². The second-order valence-corrected chi connectivity index (χ2v) is 19.5. The first-order valence-corrected chi connectivity index (χ1v) is 24.7. The fourth-order valence-corrected chi connectivity index (χ4v) is 11.9. The number of aromatic nitrogens is 6. The summed E-state index contributed by atoms with van der Waals surface area (Å²) in [5.41, 5.74) is 24.1. The Balaban J connectivity index is 0.000000136. The van der Waals surface area contributed by atoms with Gasteiger partial charge in [0.25, 0.3) is 0 Å². The van der Waals surface area contributed by atoms with E-state index >= 15 is 0 Å². The van der Waals surface area contributed by atoms with Gasteiger partial charge in [0.05, 0.1) is 71.2 Å². The zero-order chi connectivity index (χ0) is 46.3. The van der Waals surface area contributed by atoms with Crippen LogP contribution in [-0.4, -0.2) is 92.0 Å². The van der Waals surface area contributed by atoms with E-state index in [9.17, 15) is 0 Å². The third kappa shape index (κ3) is 7.00. The Kier molecular flexibility index (Phi) is 10.1. The van der Waals surface area contributed by atoms with Crippen LogP contribution in [0.4, 0.5) is 23.0 Å². The predicted octanol–water partition coefficient (Wildman–Crippen LogP) is 6.34. The summed E-state index contributed by atoms with van der Waals surface area (Å²) in [6, 6.07) is 24.4. The van der Waals surface area contributed by atoms with Crippen molar-refractivity contribution in [1.82, 2.24) is 29.9 Å². The lowest BCUT2D eigenvalue weighted by atomic mass is 9.83. The first-order valence-electron chi connectivity index (χ1n) is 24.7. The summed E-state index contributed by atoms with van der Waals surface area (Å²) in [4.78, 5) is 48.0. The first-order chi connectivity index (χ1) is 33.8. The molecule has 0 radical (unpaired) electrons. The number of aryl methyl sites for hydroxylation is 3. The van der Waals surface area contributed by atoms with Crippen molar-refractivity contribution in [3.63, 3.8) is 0 Å². The number of pyridine rings is 2. The van der Waals surface area contributed by atoms with Gasteiger partial charge in [0, 0.05) is 88.5 Å². The Hall–Kier alpha value is -7.04. The van der Waals surface area contributed by atoms with Crippen LogP contribution in [0.25, 0.3) is 0 Å². The molecule has 8 aliphatic rings. The Morgan fingerprint density at radius 1 is 0.551 bits per heavy atom. The van der Waals surface area contributed by atoms with Crippen molar-refractivity contribution in [3.05, 3.63) is 142 Å². The Bertz CT molecular complexity index is 3050. The molecule has 69 heavy (non-hydrogen) atoms. The minimum absolute atomic E-state index is 0.0881. The number of nitrogens with two attached hydrogens (primary N) is 2. The van der Waals surface area contributed by atoms with E-state index in [1.165, 1.54) is 0 Å². The van der Waals surface area contributed by atoms with Gasteiger partial charge in [-0.3, -0.25) is 20.0 Å². The van der Waals surface area contributed by atoms with Crippen molar-refractivity contribution in [2.75, 3.05) is 58.9 Å². The van der Waals surface area contributed by atoms with Crippen LogP contribution < -0.4 is 40.5 Å². The van der Waals surface area contributed by atoms with E-state index in [0.29, 0.717) is 13.1 Å². The third-order valence-electron chi connectivity index (χ3n) is 15.7. The van der Waals surface area contributed by atoms with Crippen molar-refractivity contribution in [3.8, 4) is 11.5 Å². The molecule has 0 saturated carbocycles. The standard InChI is InChI=1S/C27H29N7O.C26H27N7O/c1-17-25(33-14-10-27(11-15-33)24(28)18-6-2-3-9-22(18)35-27)32-20-16-30-26(23(20)31-17)34-13-5-7-19-21(34)8-4-12-29-19;27-24-17-5-1-2-8-21(17)34-26(24)9-13-32(14-10-26)22-16-29-23-19(31-22)15-30-25(23)33-12-4-6-18-20(33)7-3-11-28-18/h2-4,6,8-9,12,24H,5,7,10-11,13-16,28H2,1H3;1-3,5,7-8,11,16,24H,4,6,9-10,12-15,27H2/t2*24-/m11/s1. The van der Waals surface area contributed by atoms with E-state index in [0.717, 1.165) is 188 Å².